The summed E-state index contributed by atoms with van der Waals surface area (Å²) in [5.74, 6) is 0.162. The molecule has 6 heteroatoms. The van der Waals surface area contributed by atoms with Gasteiger partial charge < -0.3 is 20.7 Å². The zero-order valence-electron chi connectivity index (χ0n) is 14.1. The third-order valence-electron chi connectivity index (χ3n) is 5.58. The Labute approximate surface area is 142 Å². The summed E-state index contributed by atoms with van der Waals surface area (Å²) >= 11 is 0. The Morgan fingerprint density at radius 2 is 2.21 bits per heavy atom. The Kier molecular flexibility index (Phi) is 4.69. The van der Waals surface area contributed by atoms with Gasteiger partial charge in [0, 0.05) is 18.5 Å². The third-order valence-corrected chi connectivity index (χ3v) is 5.58. The lowest BCUT2D eigenvalue weighted by atomic mass is 9.66. The molecule has 3 atom stereocenters. The van der Waals surface area contributed by atoms with Crippen molar-refractivity contribution in [3.05, 3.63) is 23.8 Å². The van der Waals surface area contributed by atoms with E-state index >= 15 is 0 Å². The molecule has 4 N–H and O–H groups in total. The second-order valence-electron chi connectivity index (χ2n) is 7.02. The highest BCUT2D eigenvalue weighted by Crippen LogP contribution is 2.49. The first-order valence-corrected chi connectivity index (χ1v) is 8.56. The number of carbonyl (C=O) groups excluding carboxylic acids is 1. The second-order valence-corrected chi connectivity index (χ2v) is 7.02. The summed E-state index contributed by atoms with van der Waals surface area (Å²) in [6, 6.07) is 5.14. The van der Waals surface area contributed by atoms with Gasteiger partial charge in [0.25, 0.3) is 0 Å². The van der Waals surface area contributed by atoms with E-state index in [1.54, 1.807) is 12.1 Å². The number of fused-ring (bicyclic) bond motifs is 1. The van der Waals surface area contributed by atoms with Crippen LogP contribution in [0.2, 0.25) is 0 Å². The van der Waals surface area contributed by atoms with Crippen LogP contribution in [0.4, 0.5) is 0 Å². The molecular weight excluding hydrogens is 308 g/mol. The average molecular weight is 334 g/mol. The van der Waals surface area contributed by atoms with E-state index < -0.39 is 5.60 Å². The number of methoxy groups -OCH3 is 1. The van der Waals surface area contributed by atoms with Gasteiger partial charge in [-0.05, 0) is 37.0 Å². The first-order valence-electron chi connectivity index (χ1n) is 8.56. The molecule has 24 heavy (non-hydrogen) atoms. The number of aliphatic hydroxyl groups is 1. The molecular formula is C18H26N2O4. The molecule has 1 aromatic rings. The van der Waals surface area contributed by atoms with Crippen molar-refractivity contribution in [3.8, 4) is 11.5 Å². The highest BCUT2D eigenvalue weighted by molar-refractivity contribution is 5.76. The standard InChI is InChI=1S/C18H26N2O4/c1-24-15-10-12(5-6-14(15)21)17-13-4-2-3-7-18(13,23)8-9-20(17)11-16(19)22/h5-6,10,13,17,21,23H,2-4,7-9,11H2,1H3,(H2,19,22)/t13-,17+,18+/m0/s1. The van der Waals surface area contributed by atoms with Crippen LogP contribution < -0.4 is 10.5 Å². The van der Waals surface area contributed by atoms with Crippen LogP contribution in [0.25, 0.3) is 0 Å². The van der Waals surface area contributed by atoms with Crippen molar-refractivity contribution in [2.45, 2.75) is 43.7 Å². The number of hydrogen-bond acceptors (Lipinski definition) is 5. The maximum Gasteiger partial charge on any atom is 0.231 e. The predicted octanol–water partition coefficient (Wildman–Crippen LogP) is 1.55. The molecule has 0 radical (unpaired) electrons. The second kappa shape index (κ2) is 6.61. The van der Waals surface area contributed by atoms with Crippen molar-refractivity contribution in [1.29, 1.82) is 0 Å². The van der Waals surface area contributed by atoms with Gasteiger partial charge >= 0.3 is 0 Å². The third kappa shape index (κ3) is 3.08. The summed E-state index contributed by atoms with van der Waals surface area (Å²) in [5.41, 5.74) is 5.69. The van der Waals surface area contributed by atoms with Gasteiger partial charge in [0.2, 0.25) is 5.91 Å². The number of likely N-dealkylation sites (tertiary alicyclic amines) is 1. The molecule has 1 saturated heterocycles. The van der Waals surface area contributed by atoms with E-state index in [2.05, 4.69) is 4.90 Å². The van der Waals surface area contributed by atoms with Gasteiger partial charge in [0.15, 0.2) is 11.5 Å². The van der Waals surface area contributed by atoms with Gasteiger partial charge in [-0.15, -0.1) is 0 Å². The minimum atomic E-state index is -0.692. The van der Waals surface area contributed by atoms with Gasteiger partial charge in [-0.2, -0.15) is 0 Å². The fourth-order valence-electron chi connectivity index (χ4n) is 4.44. The van der Waals surface area contributed by atoms with Gasteiger partial charge in [-0.3, -0.25) is 9.69 Å². The van der Waals surface area contributed by atoms with Crippen LogP contribution in [0.1, 0.15) is 43.7 Å². The molecule has 0 bridgehead atoms. The number of amides is 1. The maximum absolute atomic E-state index is 11.5. The van der Waals surface area contributed by atoms with Crippen molar-refractivity contribution in [1.82, 2.24) is 4.90 Å². The minimum Gasteiger partial charge on any atom is -0.504 e. The van der Waals surface area contributed by atoms with Crippen LogP contribution in [0, 0.1) is 5.92 Å². The Morgan fingerprint density at radius 3 is 2.92 bits per heavy atom. The molecule has 1 saturated carbocycles. The van der Waals surface area contributed by atoms with Gasteiger partial charge in [-0.25, -0.2) is 0 Å². The average Bonchev–Trinajstić information content (AvgIpc) is 2.55. The fraction of sp³-hybridized carbons (Fsp3) is 0.611. The Bertz CT molecular complexity index is 621. The van der Waals surface area contributed by atoms with Gasteiger partial charge in [-0.1, -0.05) is 18.9 Å². The quantitative estimate of drug-likeness (QED) is 0.776. The molecule has 0 spiro atoms. The van der Waals surface area contributed by atoms with E-state index in [-0.39, 0.29) is 30.2 Å². The lowest BCUT2D eigenvalue weighted by Gasteiger charge is -2.52. The number of piperidine rings is 1. The molecule has 0 aromatic heterocycles. The lowest BCUT2D eigenvalue weighted by Crippen LogP contribution is -2.56. The Hall–Kier alpha value is -1.79. The molecule has 1 heterocycles. The highest BCUT2D eigenvalue weighted by atomic mass is 16.5. The molecule has 2 aliphatic rings. The number of nitrogens with zero attached hydrogens (tertiary/aromatic N) is 1. The minimum absolute atomic E-state index is 0.0496. The Morgan fingerprint density at radius 1 is 1.42 bits per heavy atom. The van der Waals surface area contributed by atoms with Crippen molar-refractivity contribution in [3.63, 3.8) is 0 Å². The van der Waals surface area contributed by atoms with E-state index in [9.17, 15) is 15.0 Å². The van der Waals surface area contributed by atoms with Crippen LogP contribution in [-0.2, 0) is 4.79 Å². The largest absolute Gasteiger partial charge is 0.504 e. The molecule has 1 aliphatic heterocycles. The number of benzene rings is 1. The topological polar surface area (TPSA) is 96.0 Å². The smallest absolute Gasteiger partial charge is 0.231 e. The molecule has 132 valence electrons. The Balaban J connectivity index is 2.00. The van der Waals surface area contributed by atoms with E-state index in [0.717, 1.165) is 31.2 Å². The monoisotopic (exact) mass is 334 g/mol. The van der Waals surface area contributed by atoms with Crippen LogP contribution in [0.15, 0.2) is 18.2 Å². The number of aromatic hydroxyl groups is 1. The summed E-state index contributed by atoms with van der Waals surface area (Å²) < 4.78 is 5.23. The predicted molar refractivity (Wildman–Crippen MR) is 89.7 cm³/mol. The van der Waals surface area contributed by atoms with Crippen molar-refractivity contribution < 1.29 is 19.7 Å². The molecule has 1 aliphatic carbocycles. The maximum atomic E-state index is 11.5. The zero-order valence-corrected chi connectivity index (χ0v) is 14.1. The molecule has 0 unspecified atom stereocenters. The van der Waals surface area contributed by atoms with Gasteiger partial charge in [0.1, 0.15) is 0 Å². The summed E-state index contributed by atoms with van der Waals surface area (Å²) in [6.07, 6.45) is 4.49. The number of primary amides is 1. The van der Waals surface area contributed by atoms with E-state index in [0.29, 0.717) is 18.7 Å². The fourth-order valence-corrected chi connectivity index (χ4v) is 4.44. The number of ether oxygens (including phenoxy) is 1. The summed E-state index contributed by atoms with van der Waals surface area (Å²) in [7, 11) is 1.51. The van der Waals surface area contributed by atoms with Crippen molar-refractivity contribution in [2.24, 2.45) is 11.7 Å². The first-order chi connectivity index (χ1) is 11.4. The summed E-state index contributed by atoms with van der Waals surface area (Å²) in [4.78, 5) is 13.6. The number of hydrogen-bond donors (Lipinski definition) is 3. The van der Waals surface area contributed by atoms with Gasteiger partial charge in [0.05, 0.1) is 19.3 Å². The van der Waals surface area contributed by atoms with E-state index in [1.807, 2.05) is 6.07 Å². The number of phenolic OH excluding ortho intramolecular Hbond substituents is 1. The SMILES string of the molecule is COc1cc([C@@H]2[C@@H]3CCCC[C@@]3(O)CCN2CC(N)=O)ccc1O. The molecule has 1 amide bonds. The summed E-state index contributed by atoms with van der Waals surface area (Å²) in [5, 5.41) is 21.0. The molecule has 6 nitrogen and oxygen atoms in total. The molecule has 2 fully saturated rings. The normalized spacial score (nSPS) is 30.6. The molecule has 3 rings (SSSR count). The number of nitrogens with two attached hydrogens (primary N) is 1. The van der Waals surface area contributed by atoms with Crippen LogP contribution in [0.3, 0.4) is 0 Å². The zero-order chi connectivity index (χ0) is 17.3. The van der Waals surface area contributed by atoms with E-state index in [4.69, 9.17) is 10.5 Å². The highest BCUT2D eigenvalue weighted by Gasteiger charge is 2.49. The van der Waals surface area contributed by atoms with Crippen LogP contribution in [0.5, 0.6) is 11.5 Å². The van der Waals surface area contributed by atoms with Crippen molar-refractivity contribution in [2.75, 3.05) is 20.2 Å². The van der Waals surface area contributed by atoms with Crippen molar-refractivity contribution >= 4 is 5.91 Å². The molecule has 1 aromatic carbocycles. The van der Waals surface area contributed by atoms with Crippen LogP contribution >= 0.6 is 0 Å². The number of carbonyl (C=O) groups is 1. The van der Waals surface area contributed by atoms with E-state index in [1.165, 1.54) is 7.11 Å². The number of phenols is 1. The summed E-state index contributed by atoms with van der Waals surface area (Å²) in [6.45, 7) is 0.796. The number of rotatable bonds is 4. The lowest BCUT2D eigenvalue weighted by molar-refractivity contribution is -0.136. The van der Waals surface area contributed by atoms with Crippen LogP contribution in [-0.4, -0.2) is 46.8 Å². The first kappa shape index (κ1) is 17.0.